The minimum absolute atomic E-state index is 0.0513. The highest BCUT2D eigenvalue weighted by atomic mass is 32.1. The lowest BCUT2D eigenvalue weighted by Crippen LogP contribution is -2.40. The Bertz CT molecular complexity index is 395. The number of amides is 1. The third-order valence-electron chi connectivity index (χ3n) is 2.97. The van der Waals surface area contributed by atoms with Gasteiger partial charge in [-0.1, -0.05) is 4.49 Å². The second-order valence-electron chi connectivity index (χ2n) is 4.17. The van der Waals surface area contributed by atoms with Crippen LogP contribution in [0.4, 0.5) is 5.00 Å². The maximum Gasteiger partial charge on any atom is 0.221 e. The van der Waals surface area contributed by atoms with E-state index in [0.29, 0.717) is 13.1 Å². The average molecular weight is 256 g/mol. The third kappa shape index (κ3) is 2.90. The molecule has 2 rings (SSSR count). The van der Waals surface area contributed by atoms with Crippen LogP contribution in [0.15, 0.2) is 0 Å². The molecule has 1 aliphatic heterocycles. The molecule has 8 heteroatoms. The number of nitrogens with zero attached hydrogens (tertiary/aromatic N) is 3. The first-order valence-corrected chi connectivity index (χ1v) is 6.27. The summed E-state index contributed by atoms with van der Waals surface area (Å²) in [4.78, 5) is 13.3. The summed E-state index contributed by atoms with van der Waals surface area (Å²) >= 11 is 1.23. The van der Waals surface area contributed by atoms with Gasteiger partial charge in [0.2, 0.25) is 5.91 Å². The molecule has 0 saturated carbocycles. The van der Waals surface area contributed by atoms with Crippen LogP contribution in [0, 0.1) is 5.92 Å². The number of primary amides is 1. The number of hydrazine groups is 1. The maximum absolute atomic E-state index is 11.2. The van der Waals surface area contributed by atoms with Crippen LogP contribution in [0.3, 0.4) is 0 Å². The smallest absolute Gasteiger partial charge is 0.221 e. The van der Waals surface area contributed by atoms with Crippen molar-refractivity contribution in [3.05, 3.63) is 5.69 Å². The Kier molecular flexibility index (Phi) is 3.87. The first kappa shape index (κ1) is 12.2. The van der Waals surface area contributed by atoms with E-state index in [2.05, 4.69) is 19.9 Å². The van der Waals surface area contributed by atoms with Gasteiger partial charge in [-0.3, -0.25) is 9.69 Å². The highest BCUT2D eigenvalue weighted by molar-refractivity contribution is 7.10. The van der Waals surface area contributed by atoms with Crippen molar-refractivity contribution in [1.29, 1.82) is 0 Å². The monoisotopic (exact) mass is 256 g/mol. The van der Waals surface area contributed by atoms with E-state index < -0.39 is 0 Å². The number of anilines is 1. The molecule has 1 unspecified atom stereocenters. The van der Waals surface area contributed by atoms with E-state index >= 15 is 0 Å². The molecule has 1 saturated heterocycles. The molecule has 1 aromatic heterocycles. The van der Waals surface area contributed by atoms with Gasteiger partial charge in [-0.25, -0.2) is 5.84 Å². The molecular formula is C9H16N6OS. The fraction of sp³-hybridized carbons (Fsp3) is 0.667. The Morgan fingerprint density at radius 1 is 1.65 bits per heavy atom. The Morgan fingerprint density at radius 2 is 2.47 bits per heavy atom. The van der Waals surface area contributed by atoms with Crippen LogP contribution < -0.4 is 17.0 Å². The van der Waals surface area contributed by atoms with E-state index in [-0.39, 0.29) is 11.8 Å². The molecular weight excluding hydrogens is 240 g/mol. The van der Waals surface area contributed by atoms with Crippen LogP contribution in [0.5, 0.6) is 0 Å². The van der Waals surface area contributed by atoms with Gasteiger partial charge in [-0.15, -0.1) is 5.10 Å². The lowest BCUT2D eigenvalue weighted by molar-refractivity contribution is -0.123. The van der Waals surface area contributed by atoms with Crippen molar-refractivity contribution < 1.29 is 4.79 Å². The normalized spacial score (nSPS) is 21.4. The molecule has 1 amide bonds. The zero-order valence-electron chi connectivity index (χ0n) is 9.43. The van der Waals surface area contributed by atoms with Crippen molar-refractivity contribution in [2.24, 2.45) is 17.5 Å². The van der Waals surface area contributed by atoms with Crippen LogP contribution in [-0.2, 0) is 11.3 Å². The molecule has 0 bridgehead atoms. The molecule has 5 N–H and O–H groups in total. The summed E-state index contributed by atoms with van der Waals surface area (Å²) in [6, 6.07) is 0. The van der Waals surface area contributed by atoms with Crippen molar-refractivity contribution in [2.45, 2.75) is 19.4 Å². The molecule has 0 aliphatic carbocycles. The van der Waals surface area contributed by atoms with Crippen LogP contribution in [0.25, 0.3) is 0 Å². The van der Waals surface area contributed by atoms with E-state index in [4.69, 9.17) is 11.6 Å². The molecule has 0 spiro atoms. The van der Waals surface area contributed by atoms with Gasteiger partial charge in [0.25, 0.3) is 0 Å². The highest BCUT2D eigenvalue weighted by Gasteiger charge is 2.25. The average Bonchev–Trinajstić information content (AvgIpc) is 2.76. The molecule has 1 fully saturated rings. The number of nitrogens with one attached hydrogen (secondary N) is 1. The Labute approximate surface area is 103 Å². The first-order valence-electron chi connectivity index (χ1n) is 5.50. The minimum atomic E-state index is -0.219. The van der Waals surface area contributed by atoms with E-state index in [1.807, 2.05) is 0 Å². The molecule has 17 heavy (non-hydrogen) atoms. The molecule has 2 heterocycles. The number of nitrogens with two attached hydrogens (primary N) is 2. The largest absolute Gasteiger partial charge is 0.369 e. The fourth-order valence-electron chi connectivity index (χ4n) is 2.06. The zero-order chi connectivity index (χ0) is 12.3. The van der Waals surface area contributed by atoms with E-state index in [1.165, 1.54) is 11.5 Å². The van der Waals surface area contributed by atoms with Crippen molar-refractivity contribution in [3.8, 4) is 0 Å². The summed E-state index contributed by atoms with van der Waals surface area (Å²) in [5, 5.41) is 4.79. The van der Waals surface area contributed by atoms with Crippen LogP contribution >= 0.6 is 11.5 Å². The van der Waals surface area contributed by atoms with Gasteiger partial charge in [0.05, 0.1) is 5.92 Å². The molecule has 1 atom stereocenters. The van der Waals surface area contributed by atoms with Gasteiger partial charge in [0.15, 0.2) is 0 Å². The lowest BCUT2D eigenvalue weighted by Gasteiger charge is -2.30. The third-order valence-corrected chi connectivity index (χ3v) is 3.67. The maximum atomic E-state index is 11.2. The van der Waals surface area contributed by atoms with Crippen molar-refractivity contribution in [2.75, 3.05) is 18.5 Å². The predicted molar refractivity (Wildman–Crippen MR) is 64.9 cm³/mol. The fourth-order valence-corrected chi connectivity index (χ4v) is 2.55. The quantitative estimate of drug-likeness (QED) is 0.496. The molecule has 0 aromatic carbocycles. The number of likely N-dealkylation sites (tertiary alicyclic amines) is 1. The second-order valence-corrected chi connectivity index (χ2v) is 4.92. The number of rotatable bonds is 4. The summed E-state index contributed by atoms with van der Waals surface area (Å²) in [5.41, 5.74) is 8.73. The number of piperidine rings is 1. The summed E-state index contributed by atoms with van der Waals surface area (Å²) in [5.74, 6) is 5.09. The number of hydrogen-bond acceptors (Lipinski definition) is 7. The van der Waals surface area contributed by atoms with Gasteiger partial charge < -0.3 is 11.2 Å². The molecule has 7 nitrogen and oxygen atoms in total. The summed E-state index contributed by atoms with van der Waals surface area (Å²) < 4.78 is 3.84. The Hall–Kier alpha value is -1.25. The zero-order valence-corrected chi connectivity index (χ0v) is 10.2. The minimum Gasteiger partial charge on any atom is -0.369 e. The molecule has 1 aliphatic rings. The standard InChI is InChI=1S/C9H16N6OS/c10-8(16)6-2-1-3-15(4-6)5-7-9(12-11)17-14-13-7/h6,12H,1-5,11H2,(H2,10,16). The number of nitrogen functional groups attached to an aromatic ring is 1. The summed E-state index contributed by atoms with van der Waals surface area (Å²) in [6.07, 6.45) is 1.86. The van der Waals surface area contributed by atoms with Crippen molar-refractivity contribution >= 4 is 22.4 Å². The number of carbonyl (C=O) groups excluding carboxylic acids is 1. The van der Waals surface area contributed by atoms with Gasteiger partial charge in [0.1, 0.15) is 10.7 Å². The van der Waals surface area contributed by atoms with E-state index in [0.717, 1.165) is 30.1 Å². The molecule has 0 radical (unpaired) electrons. The lowest BCUT2D eigenvalue weighted by atomic mass is 9.97. The van der Waals surface area contributed by atoms with Crippen LogP contribution in [0.1, 0.15) is 18.5 Å². The number of hydrogen-bond donors (Lipinski definition) is 3. The molecule has 94 valence electrons. The van der Waals surface area contributed by atoms with E-state index in [9.17, 15) is 4.79 Å². The number of aromatic nitrogens is 2. The van der Waals surface area contributed by atoms with Crippen molar-refractivity contribution in [1.82, 2.24) is 14.5 Å². The summed E-state index contributed by atoms with van der Waals surface area (Å²) in [7, 11) is 0. The molecule has 1 aromatic rings. The SMILES string of the molecule is NNc1snnc1CN1CCCC(C(N)=O)C1. The highest BCUT2D eigenvalue weighted by Crippen LogP contribution is 2.22. The van der Waals surface area contributed by atoms with Crippen molar-refractivity contribution in [3.63, 3.8) is 0 Å². The van der Waals surface area contributed by atoms with Crippen LogP contribution in [0.2, 0.25) is 0 Å². The van der Waals surface area contributed by atoms with Gasteiger partial charge in [0, 0.05) is 24.6 Å². The first-order chi connectivity index (χ1) is 8.20. The topological polar surface area (TPSA) is 110 Å². The number of carbonyl (C=O) groups is 1. The van der Waals surface area contributed by atoms with Crippen LogP contribution in [-0.4, -0.2) is 33.5 Å². The Morgan fingerprint density at radius 3 is 3.18 bits per heavy atom. The Balaban J connectivity index is 1.97. The van der Waals surface area contributed by atoms with E-state index in [1.54, 1.807) is 0 Å². The van der Waals surface area contributed by atoms with Gasteiger partial charge in [-0.05, 0) is 19.4 Å². The summed E-state index contributed by atoms with van der Waals surface area (Å²) in [6.45, 7) is 2.29. The van der Waals surface area contributed by atoms with Gasteiger partial charge >= 0.3 is 0 Å². The predicted octanol–water partition coefficient (Wildman–Crippen LogP) is -0.479. The second kappa shape index (κ2) is 5.39. The van der Waals surface area contributed by atoms with Gasteiger partial charge in [-0.2, -0.15) is 0 Å².